The lowest BCUT2D eigenvalue weighted by atomic mass is 9.52. The van der Waals surface area contributed by atoms with Gasteiger partial charge in [-0.05, 0) is 73.5 Å². The number of aromatic hydroxyl groups is 1. The SMILES string of the molecule is CC(C)CCC(=O)Cc1ccc(-c2ccc(O)c3c2C[C@@H]2C[C@@H]4[C@@H](N(C)C)C(=O)C(C(N)=O)C(=O)[C@]4(O)C(=O)C2C3=O)cc1. The molecule has 1 amide bonds. The van der Waals surface area contributed by atoms with Crippen molar-refractivity contribution in [2.75, 3.05) is 14.1 Å². The molecule has 2 aromatic rings. The molecule has 0 heterocycles. The molecule has 2 aromatic carbocycles. The predicted octanol–water partition coefficient (Wildman–Crippen LogP) is 2.08. The third-order valence-electron chi connectivity index (χ3n) is 9.61. The van der Waals surface area contributed by atoms with Gasteiger partial charge in [-0.25, -0.2) is 0 Å². The summed E-state index contributed by atoms with van der Waals surface area (Å²) in [5, 5.41) is 22.5. The lowest BCUT2D eigenvalue weighted by molar-refractivity contribution is -0.181. The quantitative estimate of drug-likeness (QED) is 0.383. The van der Waals surface area contributed by atoms with E-state index in [1.165, 1.54) is 11.0 Å². The monoisotopic (exact) mass is 602 g/mol. The van der Waals surface area contributed by atoms with Gasteiger partial charge in [0, 0.05) is 18.8 Å². The molecule has 2 unspecified atom stereocenters. The van der Waals surface area contributed by atoms with Gasteiger partial charge in [-0.1, -0.05) is 44.2 Å². The molecule has 2 fully saturated rings. The summed E-state index contributed by atoms with van der Waals surface area (Å²) in [5.74, 6) is -10.2. The Morgan fingerprint density at radius 1 is 1.02 bits per heavy atom. The van der Waals surface area contributed by atoms with Crippen LogP contribution >= 0.6 is 0 Å². The molecule has 10 nitrogen and oxygen atoms in total. The Morgan fingerprint density at radius 3 is 2.27 bits per heavy atom. The first-order valence-electron chi connectivity index (χ1n) is 15.0. The molecular weight excluding hydrogens is 564 g/mol. The van der Waals surface area contributed by atoms with E-state index in [2.05, 4.69) is 13.8 Å². The summed E-state index contributed by atoms with van der Waals surface area (Å²) in [4.78, 5) is 80.6. The van der Waals surface area contributed by atoms with Crippen molar-refractivity contribution in [3.8, 4) is 16.9 Å². The average molecular weight is 603 g/mol. The van der Waals surface area contributed by atoms with Gasteiger partial charge in [0.15, 0.2) is 34.7 Å². The number of carbonyl (C=O) groups is 6. The van der Waals surface area contributed by atoms with Crippen LogP contribution in [-0.2, 0) is 36.8 Å². The standard InChI is InChI=1S/C34H38N2O8/c1-16(2)5-10-20(37)13-17-6-8-18(9-7-17)21-11-12-24(38)26-22(21)14-19-15-23-28(36(3)4)30(40)27(33(35)43)32(42)34(23,44)31(41)25(19)29(26)39/h6-9,11-12,16,19,23,25,27-28,38,44H,5,10,13-15H2,1-4H3,(H2,35,43)/t19-,23-,25?,27?,28-,34-/m1/s1. The minimum Gasteiger partial charge on any atom is -0.507 e. The topological polar surface area (TPSA) is 172 Å². The minimum absolute atomic E-state index is 0.0174. The number of rotatable bonds is 8. The lowest BCUT2D eigenvalue weighted by Gasteiger charge is -2.52. The Hall–Kier alpha value is -4.02. The van der Waals surface area contributed by atoms with Crippen LogP contribution in [0.5, 0.6) is 5.75 Å². The normalized spacial score (nSPS) is 28.1. The van der Waals surface area contributed by atoms with Crippen molar-refractivity contribution < 1.29 is 39.0 Å². The van der Waals surface area contributed by atoms with Gasteiger partial charge in [-0.2, -0.15) is 0 Å². The van der Waals surface area contributed by atoms with Gasteiger partial charge in [0.2, 0.25) is 5.91 Å². The van der Waals surface area contributed by atoms with E-state index in [9.17, 15) is 39.0 Å². The van der Waals surface area contributed by atoms with Gasteiger partial charge in [-0.15, -0.1) is 0 Å². The maximum atomic E-state index is 14.0. The van der Waals surface area contributed by atoms with Crippen LogP contribution in [0.15, 0.2) is 36.4 Å². The molecule has 3 aliphatic rings. The Labute approximate surface area is 255 Å². The van der Waals surface area contributed by atoms with Crippen LogP contribution in [0.3, 0.4) is 0 Å². The van der Waals surface area contributed by atoms with E-state index in [0.29, 0.717) is 29.9 Å². The Balaban J connectivity index is 1.51. The van der Waals surface area contributed by atoms with Crippen LogP contribution in [-0.4, -0.2) is 75.7 Å². The molecule has 0 saturated heterocycles. The van der Waals surface area contributed by atoms with Crippen LogP contribution in [0.4, 0.5) is 0 Å². The number of nitrogens with two attached hydrogens (primary N) is 1. The number of hydrogen-bond donors (Lipinski definition) is 3. The third kappa shape index (κ3) is 4.99. The summed E-state index contributed by atoms with van der Waals surface area (Å²) < 4.78 is 0. The largest absolute Gasteiger partial charge is 0.507 e. The number of nitrogens with zero attached hydrogens (tertiary/aromatic N) is 1. The molecule has 4 N–H and O–H groups in total. The first kappa shape index (κ1) is 31.4. The van der Waals surface area contributed by atoms with E-state index >= 15 is 0 Å². The second kappa shape index (κ2) is 11.5. The van der Waals surface area contributed by atoms with Crippen LogP contribution in [0, 0.1) is 29.6 Å². The molecule has 44 heavy (non-hydrogen) atoms. The highest BCUT2D eigenvalue weighted by atomic mass is 16.3. The van der Waals surface area contributed by atoms with Gasteiger partial charge in [0.25, 0.3) is 0 Å². The number of hydrogen-bond acceptors (Lipinski definition) is 9. The maximum absolute atomic E-state index is 14.0. The zero-order valence-electron chi connectivity index (χ0n) is 25.3. The van der Waals surface area contributed by atoms with Gasteiger partial charge >= 0.3 is 0 Å². The molecule has 232 valence electrons. The number of benzene rings is 2. The van der Waals surface area contributed by atoms with Gasteiger partial charge in [0.05, 0.1) is 17.5 Å². The number of carbonyl (C=O) groups excluding carboxylic acids is 6. The van der Waals surface area contributed by atoms with E-state index in [-0.39, 0.29) is 29.9 Å². The van der Waals surface area contributed by atoms with E-state index in [4.69, 9.17) is 5.73 Å². The summed E-state index contributed by atoms with van der Waals surface area (Å²) in [7, 11) is 3.10. The maximum Gasteiger partial charge on any atom is 0.235 e. The fourth-order valence-corrected chi connectivity index (χ4v) is 7.44. The van der Waals surface area contributed by atoms with Crippen molar-refractivity contribution in [2.45, 2.75) is 57.6 Å². The van der Waals surface area contributed by atoms with Crippen LogP contribution in [0.2, 0.25) is 0 Å². The molecule has 6 atom stereocenters. The van der Waals surface area contributed by atoms with Crippen molar-refractivity contribution in [2.24, 2.45) is 35.3 Å². The zero-order valence-corrected chi connectivity index (χ0v) is 25.3. The highest BCUT2D eigenvalue weighted by molar-refractivity contribution is 6.32. The van der Waals surface area contributed by atoms with Gasteiger partial charge < -0.3 is 15.9 Å². The fraction of sp³-hybridized carbons (Fsp3) is 0.471. The smallest absolute Gasteiger partial charge is 0.235 e. The molecule has 0 spiro atoms. The van der Waals surface area contributed by atoms with Crippen molar-refractivity contribution in [3.05, 3.63) is 53.1 Å². The molecule has 0 radical (unpaired) electrons. The highest BCUT2D eigenvalue weighted by Crippen LogP contribution is 2.51. The number of phenols is 1. The molecule has 10 heteroatoms. The van der Waals surface area contributed by atoms with Crippen molar-refractivity contribution >= 4 is 34.8 Å². The number of phenolic OH excluding ortho intramolecular Hbond substituents is 1. The van der Waals surface area contributed by atoms with Crippen molar-refractivity contribution in [1.82, 2.24) is 4.90 Å². The number of likely N-dealkylation sites (N-methyl/N-ethyl adjacent to an activating group) is 1. The van der Waals surface area contributed by atoms with E-state index in [1.54, 1.807) is 20.2 Å². The summed E-state index contributed by atoms with van der Waals surface area (Å²) in [5.41, 5.74) is 5.37. The predicted molar refractivity (Wildman–Crippen MR) is 160 cm³/mol. The Kier molecular flexibility index (Phi) is 8.20. The summed E-state index contributed by atoms with van der Waals surface area (Å²) in [6, 6.07) is 9.32. The summed E-state index contributed by atoms with van der Waals surface area (Å²) >= 11 is 0. The number of aliphatic hydroxyl groups is 1. The fourth-order valence-electron chi connectivity index (χ4n) is 7.44. The molecule has 5 rings (SSSR count). The number of fused-ring (bicyclic) bond motifs is 3. The van der Waals surface area contributed by atoms with Crippen molar-refractivity contribution in [1.29, 1.82) is 0 Å². The minimum atomic E-state index is -2.76. The van der Waals surface area contributed by atoms with Crippen molar-refractivity contribution in [3.63, 3.8) is 0 Å². The molecule has 2 saturated carbocycles. The van der Waals surface area contributed by atoms with E-state index in [0.717, 1.165) is 17.5 Å². The van der Waals surface area contributed by atoms with E-state index in [1.807, 2.05) is 24.3 Å². The Bertz CT molecular complexity index is 1580. The molecule has 3 aliphatic carbocycles. The number of primary amides is 1. The summed E-state index contributed by atoms with van der Waals surface area (Å²) in [6.07, 6.45) is 1.81. The van der Waals surface area contributed by atoms with Gasteiger partial charge in [0.1, 0.15) is 11.5 Å². The molecule has 0 aromatic heterocycles. The highest BCUT2D eigenvalue weighted by Gasteiger charge is 2.69. The van der Waals surface area contributed by atoms with Crippen LogP contribution < -0.4 is 5.73 Å². The summed E-state index contributed by atoms with van der Waals surface area (Å²) in [6.45, 7) is 4.15. The average Bonchev–Trinajstić information content (AvgIpc) is 2.94. The first-order chi connectivity index (χ1) is 20.7. The van der Waals surface area contributed by atoms with Crippen LogP contribution in [0.1, 0.15) is 54.6 Å². The second-order valence-corrected chi connectivity index (χ2v) is 13.1. The zero-order chi connectivity index (χ0) is 32.2. The molecular formula is C34H38N2O8. The van der Waals surface area contributed by atoms with Crippen LogP contribution in [0.25, 0.3) is 11.1 Å². The molecule has 0 bridgehead atoms. The second-order valence-electron chi connectivity index (χ2n) is 13.1. The molecule has 0 aliphatic heterocycles. The lowest BCUT2D eigenvalue weighted by Crippen LogP contribution is -2.74. The number of amides is 1. The Morgan fingerprint density at radius 2 is 1.68 bits per heavy atom. The number of ketones is 5. The third-order valence-corrected chi connectivity index (χ3v) is 9.61. The van der Waals surface area contributed by atoms with E-state index < -0.39 is 64.4 Å². The number of Topliss-reactive ketones (excluding diaryl/α,β-unsaturated/α-hetero) is 5. The van der Waals surface area contributed by atoms with Gasteiger partial charge in [-0.3, -0.25) is 33.7 Å². The first-order valence-corrected chi connectivity index (χ1v) is 15.0.